The first kappa shape index (κ1) is 17.0. The van der Waals surface area contributed by atoms with Gasteiger partial charge in [-0.3, -0.25) is 9.58 Å². The Bertz CT molecular complexity index is 873. The van der Waals surface area contributed by atoms with Crippen LogP contribution in [0.1, 0.15) is 24.2 Å². The van der Waals surface area contributed by atoms with Crippen LogP contribution in [0.4, 0.5) is 5.82 Å². The fourth-order valence-electron chi connectivity index (χ4n) is 3.79. The summed E-state index contributed by atoms with van der Waals surface area (Å²) in [6.45, 7) is 6.30. The third kappa shape index (κ3) is 3.70. The van der Waals surface area contributed by atoms with Gasteiger partial charge < -0.3 is 5.32 Å². The highest BCUT2D eigenvalue weighted by molar-refractivity contribution is 5.86. The van der Waals surface area contributed by atoms with E-state index in [9.17, 15) is 0 Å². The molecular formula is C20H26N6. The molecule has 0 spiro atoms. The number of rotatable bonds is 6. The Morgan fingerprint density at radius 1 is 1.19 bits per heavy atom. The second-order valence-corrected chi connectivity index (χ2v) is 7.22. The van der Waals surface area contributed by atoms with Crippen LogP contribution in [0, 0.1) is 12.8 Å². The van der Waals surface area contributed by atoms with E-state index in [1.165, 1.54) is 25.1 Å². The lowest BCUT2D eigenvalue weighted by Gasteiger charge is -2.16. The largest absolute Gasteiger partial charge is 0.369 e. The number of nitrogens with one attached hydrogen (secondary N) is 1. The maximum Gasteiger partial charge on any atom is 0.163 e. The highest BCUT2D eigenvalue weighted by Crippen LogP contribution is 2.23. The molecule has 6 nitrogen and oxygen atoms in total. The van der Waals surface area contributed by atoms with Crippen LogP contribution in [-0.4, -0.2) is 44.3 Å². The Labute approximate surface area is 154 Å². The van der Waals surface area contributed by atoms with E-state index in [1.54, 1.807) is 4.68 Å². The number of aryl methyl sites for hydroxylation is 2. The van der Waals surface area contributed by atoms with Gasteiger partial charge >= 0.3 is 0 Å². The monoisotopic (exact) mass is 350 g/mol. The van der Waals surface area contributed by atoms with Gasteiger partial charge in [-0.25, -0.2) is 9.97 Å². The lowest BCUT2D eigenvalue weighted by atomic mass is 10.1. The molecule has 0 saturated carbocycles. The zero-order valence-corrected chi connectivity index (χ0v) is 15.5. The van der Waals surface area contributed by atoms with Crippen molar-refractivity contribution in [2.45, 2.75) is 26.3 Å². The zero-order chi connectivity index (χ0) is 17.9. The number of hydrogen-bond acceptors (Lipinski definition) is 5. The van der Waals surface area contributed by atoms with Gasteiger partial charge in [-0.05, 0) is 37.8 Å². The highest BCUT2D eigenvalue weighted by Gasteiger charge is 2.22. The average molecular weight is 350 g/mol. The second-order valence-electron chi connectivity index (χ2n) is 7.22. The summed E-state index contributed by atoms with van der Waals surface area (Å²) in [5.41, 5.74) is 2.29. The molecule has 3 heterocycles. The molecule has 6 heteroatoms. The molecule has 1 aromatic carbocycles. The Kier molecular flexibility index (Phi) is 4.84. The third-order valence-corrected chi connectivity index (χ3v) is 5.17. The first-order chi connectivity index (χ1) is 12.7. The molecule has 1 N–H and O–H groups in total. The van der Waals surface area contributed by atoms with Crippen molar-refractivity contribution < 1.29 is 0 Å². The predicted molar refractivity (Wildman–Crippen MR) is 104 cm³/mol. The number of likely N-dealkylation sites (tertiary alicyclic amines) is 1. The summed E-state index contributed by atoms with van der Waals surface area (Å²) in [6, 6.07) is 10.7. The number of nitrogens with zero attached hydrogens (tertiary/aromatic N) is 5. The molecule has 0 bridgehead atoms. The minimum Gasteiger partial charge on any atom is -0.369 e. The van der Waals surface area contributed by atoms with E-state index in [-0.39, 0.29) is 0 Å². The molecule has 4 rings (SSSR count). The molecule has 0 radical (unpaired) electrons. The fourth-order valence-corrected chi connectivity index (χ4v) is 3.79. The minimum atomic E-state index is 0.749. The maximum absolute atomic E-state index is 4.56. The highest BCUT2D eigenvalue weighted by atomic mass is 15.3. The van der Waals surface area contributed by atoms with Crippen LogP contribution in [0.25, 0.3) is 11.0 Å². The average Bonchev–Trinajstić information content (AvgIpc) is 3.23. The van der Waals surface area contributed by atoms with E-state index in [4.69, 9.17) is 0 Å². The predicted octanol–water partition coefficient (Wildman–Crippen LogP) is 3.00. The van der Waals surface area contributed by atoms with Crippen molar-refractivity contribution in [2.24, 2.45) is 13.0 Å². The SMILES string of the molecule is Cc1nc(NCC[C@H]2CCN(Cc3ccccc3)C2)c2cnn(C)c2n1. The van der Waals surface area contributed by atoms with Gasteiger partial charge in [-0.15, -0.1) is 0 Å². The number of hydrogen-bond donors (Lipinski definition) is 1. The van der Waals surface area contributed by atoms with E-state index in [0.717, 1.165) is 48.1 Å². The summed E-state index contributed by atoms with van der Waals surface area (Å²) in [7, 11) is 1.92. The molecule has 26 heavy (non-hydrogen) atoms. The third-order valence-electron chi connectivity index (χ3n) is 5.17. The molecule has 1 atom stereocenters. The Balaban J connectivity index is 1.30. The molecule has 0 aliphatic carbocycles. The van der Waals surface area contributed by atoms with Crippen LogP contribution < -0.4 is 5.32 Å². The van der Waals surface area contributed by atoms with Crippen molar-refractivity contribution >= 4 is 16.9 Å². The second kappa shape index (κ2) is 7.41. The zero-order valence-electron chi connectivity index (χ0n) is 15.5. The molecular weight excluding hydrogens is 324 g/mol. The normalized spacial score (nSPS) is 17.8. The summed E-state index contributed by atoms with van der Waals surface area (Å²) < 4.78 is 1.80. The van der Waals surface area contributed by atoms with Crippen LogP contribution in [0.2, 0.25) is 0 Å². The Morgan fingerprint density at radius 2 is 2.04 bits per heavy atom. The summed E-state index contributed by atoms with van der Waals surface area (Å²) >= 11 is 0. The summed E-state index contributed by atoms with van der Waals surface area (Å²) in [5.74, 6) is 2.43. The number of benzene rings is 1. The molecule has 1 aliphatic heterocycles. The van der Waals surface area contributed by atoms with Crippen LogP contribution in [-0.2, 0) is 13.6 Å². The van der Waals surface area contributed by atoms with Gasteiger partial charge in [0.2, 0.25) is 0 Å². The van der Waals surface area contributed by atoms with E-state index in [0.29, 0.717) is 0 Å². The summed E-state index contributed by atoms with van der Waals surface area (Å²) in [5, 5.41) is 8.81. The fraction of sp³-hybridized carbons (Fsp3) is 0.450. The van der Waals surface area contributed by atoms with Gasteiger partial charge in [0.1, 0.15) is 11.6 Å². The van der Waals surface area contributed by atoms with Gasteiger partial charge in [0.15, 0.2) is 5.65 Å². The van der Waals surface area contributed by atoms with Crippen LogP contribution >= 0.6 is 0 Å². The van der Waals surface area contributed by atoms with Crippen molar-refractivity contribution in [3.8, 4) is 0 Å². The van der Waals surface area contributed by atoms with Gasteiger partial charge in [-0.1, -0.05) is 30.3 Å². The molecule has 3 aromatic rings. The van der Waals surface area contributed by atoms with E-state index in [1.807, 2.05) is 20.2 Å². The molecule has 136 valence electrons. The van der Waals surface area contributed by atoms with E-state index >= 15 is 0 Å². The van der Waals surface area contributed by atoms with Crippen LogP contribution in [0.15, 0.2) is 36.5 Å². The quantitative estimate of drug-likeness (QED) is 0.741. The van der Waals surface area contributed by atoms with Crippen molar-refractivity contribution in [2.75, 3.05) is 25.0 Å². The van der Waals surface area contributed by atoms with E-state index in [2.05, 4.69) is 55.6 Å². The Hall–Kier alpha value is -2.47. The van der Waals surface area contributed by atoms with Crippen molar-refractivity contribution in [1.82, 2.24) is 24.6 Å². The molecule has 0 amide bonds. The lowest BCUT2D eigenvalue weighted by Crippen LogP contribution is -2.20. The smallest absolute Gasteiger partial charge is 0.163 e. The Morgan fingerprint density at radius 3 is 2.88 bits per heavy atom. The first-order valence-corrected chi connectivity index (χ1v) is 9.35. The van der Waals surface area contributed by atoms with Crippen molar-refractivity contribution in [3.63, 3.8) is 0 Å². The number of fused-ring (bicyclic) bond motifs is 1. The number of anilines is 1. The van der Waals surface area contributed by atoms with Gasteiger partial charge in [0.05, 0.1) is 11.6 Å². The van der Waals surface area contributed by atoms with E-state index < -0.39 is 0 Å². The standard InChI is InChI=1S/C20H26N6/c1-15-23-19(18-12-22-25(2)20(18)24-15)21-10-8-17-9-11-26(14-17)13-16-6-4-3-5-7-16/h3-7,12,17H,8-11,13-14H2,1-2H3,(H,21,23,24)/t17-/m0/s1. The van der Waals surface area contributed by atoms with Crippen LogP contribution in [0.3, 0.4) is 0 Å². The minimum absolute atomic E-state index is 0.749. The number of aromatic nitrogens is 4. The molecule has 1 aliphatic rings. The first-order valence-electron chi connectivity index (χ1n) is 9.35. The van der Waals surface area contributed by atoms with Crippen LogP contribution in [0.5, 0.6) is 0 Å². The molecule has 1 fully saturated rings. The molecule has 1 saturated heterocycles. The van der Waals surface area contributed by atoms with Crippen molar-refractivity contribution in [3.05, 3.63) is 47.9 Å². The maximum atomic E-state index is 4.56. The van der Waals surface area contributed by atoms with Gasteiger partial charge in [0.25, 0.3) is 0 Å². The lowest BCUT2D eigenvalue weighted by molar-refractivity contribution is 0.314. The molecule has 2 aromatic heterocycles. The topological polar surface area (TPSA) is 58.9 Å². The van der Waals surface area contributed by atoms with Gasteiger partial charge in [-0.2, -0.15) is 5.10 Å². The molecule has 0 unspecified atom stereocenters. The summed E-state index contributed by atoms with van der Waals surface area (Å²) in [6.07, 6.45) is 4.28. The van der Waals surface area contributed by atoms with Gasteiger partial charge in [0, 0.05) is 26.7 Å². The summed E-state index contributed by atoms with van der Waals surface area (Å²) in [4.78, 5) is 11.6. The van der Waals surface area contributed by atoms with Crippen molar-refractivity contribution in [1.29, 1.82) is 0 Å².